The van der Waals surface area contributed by atoms with Gasteiger partial charge in [-0.2, -0.15) is 0 Å². The number of likely N-dealkylation sites (N-methyl/N-ethyl adjacent to an activating group) is 2. The van der Waals surface area contributed by atoms with E-state index in [1.165, 1.54) is 0 Å². The molecule has 33 heavy (non-hydrogen) atoms. The summed E-state index contributed by atoms with van der Waals surface area (Å²) < 4.78 is 0. The van der Waals surface area contributed by atoms with Gasteiger partial charge in [-0.3, -0.25) is 9.59 Å². The summed E-state index contributed by atoms with van der Waals surface area (Å²) in [5.74, 6) is -0.450. The molecule has 0 amide bonds. The largest absolute Gasteiger partial charge is 0.480 e. The number of hydrogen-bond acceptors (Lipinski definition) is 5. The van der Waals surface area contributed by atoms with Crippen LogP contribution in [0, 0.1) is 5.92 Å². The molecule has 1 fully saturated rings. The molecule has 6 heteroatoms. The second-order valence-electron chi connectivity index (χ2n) is 8.66. The van der Waals surface area contributed by atoms with Crippen LogP contribution in [0.2, 0.25) is 0 Å². The first-order chi connectivity index (χ1) is 15.8. The van der Waals surface area contributed by atoms with Crippen LogP contribution in [0.5, 0.6) is 0 Å². The number of carboxylic acids is 1. The van der Waals surface area contributed by atoms with Gasteiger partial charge in [0.1, 0.15) is 12.8 Å². The predicted molar refractivity (Wildman–Crippen MR) is 132 cm³/mol. The molecule has 1 atom stereocenters. The summed E-state index contributed by atoms with van der Waals surface area (Å²) >= 11 is 0. The average Bonchev–Trinajstić information content (AvgIpc) is 2.77. The Bertz CT molecular complexity index is 1070. The van der Waals surface area contributed by atoms with E-state index in [-0.39, 0.29) is 12.3 Å². The van der Waals surface area contributed by atoms with Crippen molar-refractivity contribution in [2.45, 2.75) is 19.8 Å². The summed E-state index contributed by atoms with van der Waals surface area (Å²) in [6.07, 6.45) is 6.23. The lowest BCUT2D eigenvalue weighted by molar-refractivity contribution is -0.135. The van der Waals surface area contributed by atoms with Gasteiger partial charge in [-0.1, -0.05) is 31.2 Å². The summed E-state index contributed by atoms with van der Waals surface area (Å²) in [7, 11) is 3.60. The second kappa shape index (κ2) is 10.8. The first-order valence-electron chi connectivity index (χ1n) is 11.0. The minimum Gasteiger partial charge on any atom is -0.480 e. The minimum absolute atomic E-state index is 0.0705. The normalized spacial score (nSPS) is 18.4. The van der Waals surface area contributed by atoms with Crippen molar-refractivity contribution in [1.29, 1.82) is 0 Å². The molecule has 1 aliphatic rings. The molecule has 3 rings (SSSR count). The van der Waals surface area contributed by atoms with Crippen molar-refractivity contribution in [1.82, 2.24) is 0 Å². The molecular formula is C27H30N2O4. The van der Waals surface area contributed by atoms with E-state index >= 15 is 0 Å². The smallest absolute Gasteiger partial charge is 0.323 e. The Balaban J connectivity index is 1.78. The highest BCUT2D eigenvalue weighted by molar-refractivity contribution is 6.14. The van der Waals surface area contributed by atoms with E-state index in [4.69, 9.17) is 5.11 Å². The van der Waals surface area contributed by atoms with Crippen LogP contribution in [0.4, 0.5) is 11.4 Å². The summed E-state index contributed by atoms with van der Waals surface area (Å²) in [5.41, 5.74) is 5.22. The number of carbonyl (C=O) groups excluding carboxylic acids is 2. The number of aldehydes is 1. The molecule has 0 radical (unpaired) electrons. The fraction of sp³-hybridized carbons (Fsp3) is 0.296. The number of nitrogens with zero attached hydrogens (tertiary/aromatic N) is 2. The molecule has 2 aromatic carbocycles. The number of carbonyl (C=O) groups is 3. The third-order valence-electron chi connectivity index (χ3n) is 5.79. The molecule has 172 valence electrons. The van der Waals surface area contributed by atoms with Crippen molar-refractivity contribution in [2.24, 2.45) is 5.92 Å². The Morgan fingerprint density at radius 3 is 1.79 bits per heavy atom. The SMILES string of the molecule is CC1C/C(=C\c2ccc(N(C)CC=O)cc2)C(=O)/C(=C/c2ccc(N(C)CC(=O)O)cc2)C1. The Hall–Kier alpha value is -3.67. The average molecular weight is 447 g/mol. The van der Waals surface area contributed by atoms with Gasteiger partial charge in [0, 0.05) is 36.6 Å². The fourth-order valence-electron chi connectivity index (χ4n) is 4.03. The van der Waals surface area contributed by atoms with Crippen LogP contribution >= 0.6 is 0 Å². The molecule has 0 heterocycles. The highest BCUT2D eigenvalue weighted by atomic mass is 16.4. The molecule has 0 bridgehead atoms. The number of Topliss-reactive ketones (excluding diaryl/α,β-unsaturated/α-hetero) is 1. The molecule has 1 aliphatic carbocycles. The van der Waals surface area contributed by atoms with Crippen LogP contribution in [-0.2, 0) is 14.4 Å². The Labute approximate surface area is 194 Å². The number of benzene rings is 2. The number of aliphatic carboxylic acids is 1. The lowest BCUT2D eigenvalue weighted by Crippen LogP contribution is -2.24. The van der Waals surface area contributed by atoms with E-state index in [9.17, 15) is 14.4 Å². The Morgan fingerprint density at radius 1 is 0.909 bits per heavy atom. The van der Waals surface area contributed by atoms with Crippen LogP contribution in [0.3, 0.4) is 0 Å². The van der Waals surface area contributed by atoms with E-state index in [1.54, 1.807) is 11.9 Å². The van der Waals surface area contributed by atoms with Crippen molar-refractivity contribution in [2.75, 3.05) is 37.0 Å². The van der Waals surface area contributed by atoms with Crippen molar-refractivity contribution in [3.05, 3.63) is 70.8 Å². The van der Waals surface area contributed by atoms with Crippen LogP contribution in [0.15, 0.2) is 59.7 Å². The zero-order valence-electron chi connectivity index (χ0n) is 19.3. The molecule has 0 aliphatic heterocycles. The number of carboxylic acid groups (broad SMARTS) is 1. The van der Waals surface area contributed by atoms with Crippen LogP contribution < -0.4 is 9.80 Å². The Kier molecular flexibility index (Phi) is 7.83. The van der Waals surface area contributed by atoms with Crippen molar-refractivity contribution < 1.29 is 19.5 Å². The summed E-state index contributed by atoms with van der Waals surface area (Å²) in [4.78, 5) is 38.3. The van der Waals surface area contributed by atoms with Gasteiger partial charge in [0.25, 0.3) is 0 Å². The van der Waals surface area contributed by atoms with Crippen molar-refractivity contribution in [3.8, 4) is 0 Å². The quantitative estimate of drug-likeness (QED) is 0.481. The molecule has 0 spiro atoms. The van der Waals surface area contributed by atoms with Gasteiger partial charge in [-0.25, -0.2) is 0 Å². The Morgan fingerprint density at radius 2 is 1.36 bits per heavy atom. The molecule has 1 unspecified atom stereocenters. The van der Waals surface area contributed by atoms with Crippen molar-refractivity contribution >= 4 is 41.6 Å². The highest BCUT2D eigenvalue weighted by Gasteiger charge is 2.25. The van der Waals surface area contributed by atoms with E-state index in [0.717, 1.165) is 52.8 Å². The van der Waals surface area contributed by atoms with Gasteiger partial charge in [0.15, 0.2) is 5.78 Å². The number of rotatable bonds is 8. The highest BCUT2D eigenvalue weighted by Crippen LogP contribution is 2.32. The first-order valence-corrected chi connectivity index (χ1v) is 11.0. The third kappa shape index (κ3) is 6.42. The van der Waals surface area contributed by atoms with Gasteiger partial charge < -0.3 is 19.7 Å². The van der Waals surface area contributed by atoms with Gasteiger partial charge >= 0.3 is 5.97 Å². The van der Waals surface area contributed by atoms with Crippen molar-refractivity contribution in [3.63, 3.8) is 0 Å². The third-order valence-corrected chi connectivity index (χ3v) is 5.79. The summed E-state index contributed by atoms with van der Waals surface area (Å²) in [6, 6.07) is 15.4. The van der Waals surface area contributed by atoms with Crippen LogP contribution in [0.25, 0.3) is 12.2 Å². The van der Waals surface area contributed by atoms with E-state index in [1.807, 2.05) is 72.6 Å². The van der Waals surface area contributed by atoms with Gasteiger partial charge in [0.05, 0.1) is 6.54 Å². The predicted octanol–water partition coefficient (Wildman–Crippen LogP) is 4.31. The monoisotopic (exact) mass is 446 g/mol. The second-order valence-corrected chi connectivity index (χ2v) is 8.66. The molecule has 1 saturated carbocycles. The number of allylic oxidation sites excluding steroid dienone is 2. The fourth-order valence-corrected chi connectivity index (χ4v) is 4.03. The molecular weight excluding hydrogens is 416 g/mol. The maximum Gasteiger partial charge on any atom is 0.323 e. The zero-order valence-corrected chi connectivity index (χ0v) is 19.3. The first kappa shape index (κ1) is 24.0. The zero-order chi connectivity index (χ0) is 24.0. The number of hydrogen-bond donors (Lipinski definition) is 1. The van der Waals surface area contributed by atoms with E-state index in [0.29, 0.717) is 12.5 Å². The van der Waals surface area contributed by atoms with E-state index in [2.05, 4.69) is 6.92 Å². The number of anilines is 2. The van der Waals surface area contributed by atoms with Gasteiger partial charge in [-0.15, -0.1) is 0 Å². The molecule has 6 nitrogen and oxygen atoms in total. The maximum absolute atomic E-state index is 13.2. The van der Waals surface area contributed by atoms with Crippen LogP contribution in [-0.4, -0.2) is 50.3 Å². The summed E-state index contributed by atoms with van der Waals surface area (Å²) in [5, 5.41) is 8.95. The summed E-state index contributed by atoms with van der Waals surface area (Å²) in [6.45, 7) is 2.41. The molecule has 1 N–H and O–H groups in total. The van der Waals surface area contributed by atoms with E-state index < -0.39 is 5.97 Å². The molecule has 0 aromatic heterocycles. The molecule has 2 aromatic rings. The minimum atomic E-state index is -0.882. The topological polar surface area (TPSA) is 77.9 Å². The van der Waals surface area contributed by atoms with Gasteiger partial charge in [-0.05, 0) is 66.3 Å². The van der Waals surface area contributed by atoms with Gasteiger partial charge in [0.2, 0.25) is 0 Å². The molecule has 0 saturated heterocycles. The maximum atomic E-state index is 13.2. The standard InChI is InChI=1S/C27H30N2O4/c1-19-14-22(16-20-4-8-24(9-5-20)28(2)12-13-30)27(33)23(15-19)17-21-6-10-25(11-7-21)29(3)18-26(31)32/h4-11,13,16-17,19H,12,14-15,18H2,1-3H3,(H,31,32)/b22-16+,23-17+. The number of ketones is 1. The lowest BCUT2D eigenvalue weighted by Gasteiger charge is -2.23. The lowest BCUT2D eigenvalue weighted by atomic mass is 9.81. The van der Waals surface area contributed by atoms with Crippen LogP contribution in [0.1, 0.15) is 30.9 Å².